The van der Waals surface area contributed by atoms with Crippen molar-refractivity contribution in [1.29, 1.82) is 0 Å². The van der Waals surface area contributed by atoms with Gasteiger partial charge < -0.3 is 5.32 Å². The molecule has 4 heteroatoms. The van der Waals surface area contributed by atoms with Crippen LogP contribution in [0, 0.1) is 0 Å². The summed E-state index contributed by atoms with van der Waals surface area (Å²) in [4.78, 5) is 18.9. The summed E-state index contributed by atoms with van der Waals surface area (Å²) in [7, 11) is 0. The predicted molar refractivity (Wildman–Crippen MR) is 113 cm³/mol. The topological polar surface area (TPSA) is 44.7 Å². The number of hydrogen-bond donors (Lipinski definition) is 1. The van der Waals surface area contributed by atoms with Gasteiger partial charge in [0, 0.05) is 32.3 Å². The summed E-state index contributed by atoms with van der Waals surface area (Å²) in [6.45, 7) is 7.10. The van der Waals surface area contributed by atoms with Crippen LogP contribution in [0.1, 0.15) is 104 Å². The van der Waals surface area contributed by atoms with E-state index in [0.29, 0.717) is 12.6 Å². The molecule has 1 N–H and O–H groups in total. The van der Waals surface area contributed by atoms with E-state index in [1.807, 2.05) is 6.21 Å². The van der Waals surface area contributed by atoms with Gasteiger partial charge in [0.25, 0.3) is 0 Å². The molecule has 0 aromatic rings. The molecule has 0 spiro atoms. The van der Waals surface area contributed by atoms with Crippen molar-refractivity contribution in [2.24, 2.45) is 4.99 Å². The Labute approximate surface area is 162 Å². The molecular weight excluding hydrogens is 322 g/mol. The van der Waals surface area contributed by atoms with Gasteiger partial charge in [0.15, 0.2) is 0 Å². The highest BCUT2D eigenvalue weighted by atomic mass is 16.1. The third-order valence-corrected chi connectivity index (χ3v) is 5.31. The molecule has 0 aromatic heterocycles. The van der Waals surface area contributed by atoms with Crippen LogP contribution in [0.15, 0.2) is 4.99 Å². The molecule has 0 saturated heterocycles. The second-order valence-corrected chi connectivity index (χ2v) is 7.73. The molecule has 1 aliphatic heterocycles. The number of nitrogens with zero attached hydrogens (tertiary/aromatic N) is 2. The van der Waals surface area contributed by atoms with Gasteiger partial charge in [0.1, 0.15) is 6.17 Å². The molecular formula is C22H43N3O. The van der Waals surface area contributed by atoms with Crippen LogP contribution in [0.2, 0.25) is 0 Å². The van der Waals surface area contributed by atoms with E-state index in [-0.39, 0.29) is 5.91 Å². The van der Waals surface area contributed by atoms with E-state index in [1.165, 1.54) is 70.6 Å². The number of amides is 1. The van der Waals surface area contributed by atoms with Gasteiger partial charge in [-0.15, -0.1) is 0 Å². The Balaban J connectivity index is 1.93. The lowest BCUT2D eigenvalue weighted by Gasteiger charge is -2.22. The molecule has 1 unspecified atom stereocenters. The van der Waals surface area contributed by atoms with Crippen molar-refractivity contribution in [3.05, 3.63) is 0 Å². The Morgan fingerprint density at radius 3 is 2.27 bits per heavy atom. The summed E-state index contributed by atoms with van der Waals surface area (Å²) < 4.78 is 0. The molecule has 152 valence electrons. The molecule has 1 amide bonds. The lowest BCUT2D eigenvalue weighted by atomic mass is 10.1. The minimum Gasteiger partial charge on any atom is -0.355 e. The lowest BCUT2D eigenvalue weighted by Crippen LogP contribution is -2.38. The van der Waals surface area contributed by atoms with Crippen molar-refractivity contribution < 1.29 is 4.79 Å². The molecule has 0 saturated carbocycles. The number of rotatable bonds is 17. The fraction of sp³-hybridized carbons (Fsp3) is 0.909. The normalized spacial score (nSPS) is 17.1. The molecule has 4 nitrogen and oxygen atoms in total. The highest BCUT2D eigenvalue weighted by molar-refractivity contribution is 5.75. The molecule has 0 aliphatic carbocycles. The van der Waals surface area contributed by atoms with Crippen LogP contribution in [0.25, 0.3) is 0 Å². The Morgan fingerprint density at radius 1 is 0.962 bits per heavy atom. The molecule has 0 radical (unpaired) electrons. The fourth-order valence-corrected chi connectivity index (χ4v) is 3.59. The first-order chi connectivity index (χ1) is 12.8. The molecule has 1 aliphatic rings. The van der Waals surface area contributed by atoms with Crippen LogP contribution >= 0.6 is 0 Å². The molecule has 26 heavy (non-hydrogen) atoms. The van der Waals surface area contributed by atoms with E-state index in [1.54, 1.807) is 0 Å². The Bertz CT molecular complexity index is 370. The number of aliphatic imine (C=N–C) groups is 1. The van der Waals surface area contributed by atoms with Gasteiger partial charge in [0.05, 0.1) is 0 Å². The smallest absolute Gasteiger partial charge is 0.220 e. The van der Waals surface area contributed by atoms with Crippen molar-refractivity contribution in [1.82, 2.24) is 10.2 Å². The number of unbranched alkanes of at least 4 members (excludes halogenated alkanes) is 10. The van der Waals surface area contributed by atoms with Crippen LogP contribution in [0.4, 0.5) is 0 Å². The third kappa shape index (κ3) is 11.7. The number of carbonyl (C=O) groups is 1. The highest BCUT2D eigenvalue weighted by Crippen LogP contribution is 2.14. The first kappa shape index (κ1) is 23.1. The average Bonchev–Trinajstić information content (AvgIpc) is 3.08. The van der Waals surface area contributed by atoms with Gasteiger partial charge in [-0.05, 0) is 19.3 Å². The van der Waals surface area contributed by atoms with E-state index in [0.717, 1.165) is 32.5 Å². The molecule has 1 atom stereocenters. The van der Waals surface area contributed by atoms with Gasteiger partial charge in [-0.1, -0.05) is 78.1 Å². The van der Waals surface area contributed by atoms with E-state index in [9.17, 15) is 4.79 Å². The summed E-state index contributed by atoms with van der Waals surface area (Å²) in [6.07, 6.45) is 19.7. The maximum Gasteiger partial charge on any atom is 0.220 e. The van der Waals surface area contributed by atoms with Crippen LogP contribution in [0.3, 0.4) is 0 Å². The fourth-order valence-electron chi connectivity index (χ4n) is 3.59. The Hall–Kier alpha value is -0.900. The van der Waals surface area contributed by atoms with E-state index in [2.05, 4.69) is 29.1 Å². The second-order valence-electron chi connectivity index (χ2n) is 7.73. The Morgan fingerprint density at radius 2 is 1.58 bits per heavy atom. The van der Waals surface area contributed by atoms with Crippen molar-refractivity contribution in [2.75, 3.05) is 19.6 Å². The number of nitrogens with one attached hydrogen (secondary N) is 1. The van der Waals surface area contributed by atoms with Crippen molar-refractivity contribution in [3.63, 3.8) is 0 Å². The average molecular weight is 366 g/mol. The quantitative estimate of drug-likeness (QED) is 0.355. The SMILES string of the molecule is CCCCCCCCCCCC(=O)NCCN1CC=NC1CCCCC. The maximum atomic E-state index is 12.0. The molecule has 1 rings (SSSR count). The van der Waals surface area contributed by atoms with Gasteiger partial charge in [-0.3, -0.25) is 14.7 Å². The van der Waals surface area contributed by atoms with Gasteiger partial charge >= 0.3 is 0 Å². The molecule has 1 heterocycles. The maximum absolute atomic E-state index is 12.0. The number of hydrogen-bond acceptors (Lipinski definition) is 3. The first-order valence-electron chi connectivity index (χ1n) is 11.3. The first-order valence-corrected chi connectivity index (χ1v) is 11.3. The minimum atomic E-state index is 0.218. The zero-order valence-corrected chi connectivity index (χ0v) is 17.5. The largest absolute Gasteiger partial charge is 0.355 e. The monoisotopic (exact) mass is 365 g/mol. The molecule has 0 fully saturated rings. The van der Waals surface area contributed by atoms with Gasteiger partial charge in [-0.25, -0.2) is 0 Å². The highest BCUT2D eigenvalue weighted by Gasteiger charge is 2.19. The van der Waals surface area contributed by atoms with Crippen molar-refractivity contribution >= 4 is 12.1 Å². The standard InChI is InChI=1S/C22H43N3O/c1-3-5-7-8-9-10-11-12-14-16-22(26)24-18-20-25-19-17-23-21(25)15-13-6-4-2/h17,21H,3-16,18-20H2,1-2H3,(H,24,26). The summed E-state index contributed by atoms with van der Waals surface area (Å²) >= 11 is 0. The third-order valence-electron chi connectivity index (χ3n) is 5.31. The second kappa shape index (κ2) is 16.3. The van der Waals surface area contributed by atoms with E-state index >= 15 is 0 Å². The van der Waals surface area contributed by atoms with Crippen LogP contribution in [-0.2, 0) is 4.79 Å². The van der Waals surface area contributed by atoms with Crippen LogP contribution < -0.4 is 5.32 Å². The lowest BCUT2D eigenvalue weighted by molar-refractivity contribution is -0.121. The van der Waals surface area contributed by atoms with Crippen molar-refractivity contribution in [3.8, 4) is 0 Å². The van der Waals surface area contributed by atoms with Gasteiger partial charge in [-0.2, -0.15) is 0 Å². The van der Waals surface area contributed by atoms with Crippen LogP contribution in [-0.4, -0.2) is 42.8 Å². The molecule has 0 aromatic carbocycles. The molecule has 0 bridgehead atoms. The van der Waals surface area contributed by atoms with Crippen molar-refractivity contribution in [2.45, 2.75) is 110 Å². The van der Waals surface area contributed by atoms with E-state index < -0.39 is 0 Å². The summed E-state index contributed by atoms with van der Waals surface area (Å²) in [6, 6.07) is 0. The van der Waals surface area contributed by atoms with E-state index in [4.69, 9.17) is 0 Å². The van der Waals surface area contributed by atoms with Gasteiger partial charge in [0.2, 0.25) is 5.91 Å². The number of carbonyl (C=O) groups excluding carboxylic acids is 1. The predicted octanol–water partition coefficient (Wildman–Crippen LogP) is 5.32. The zero-order chi connectivity index (χ0) is 18.9. The summed E-state index contributed by atoms with van der Waals surface area (Å²) in [5.41, 5.74) is 0. The summed E-state index contributed by atoms with van der Waals surface area (Å²) in [5, 5.41) is 3.09. The summed E-state index contributed by atoms with van der Waals surface area (Å²) in [5.74, 6) is 0.218. The zero-order valence-electron chi connectivity index (χ0n) is 17.5. The Kier molecular flexibility index (Phi) is 14.5. The van der Waals surface area contributed by atoms with Crippen LogP contribution in [0.5, 0.6) is 0 Å². The minimum absolute atomic E-state index is 0.218.